The van der Waals surface area contributed by atoms with Crippen LogP contribution in [-0.2, 0) is 4.79 Å². The number of amides is 1. The average Bonchev–Trinajstić information content (AvgIpc) is 2.98. The number of carboxylic acid groups (broad SMARTS) is 1. The Bertz CT molecular complexity index is 679. The zero-order chi connectivity index (χ0) is 19.6. The Labute approximate surface area is 160 Å². The Morgan fingerprint density at radius 2 is 1.89 bits per heavy atom. The molecule has 2 aliphatic rings. The minimum absolute atomic E-state index is 0.00139. The van der Waals surface area contributed by atoms with Gasteiger partial charge in [0.05, 0.1) is 5.56 Å². The third kappa shape index (κ3) is 4.71. The summed E-state index contributed by atoms with van der Waals surface area (Å²) in [5.74, 6) is 0.820. The maximum Gasteiger partial charge on any atom is 0.303 e. The molecule has 1 aromatic heterocycles. The van der Waals surface area contributed by atoms with Crippen LogP contribution in [0.25, 0.3) is 0 Å². The Kier molecular flexibility index (Phi) is 6.22. The summed E-state index contributed by atoms with van der Waals surface area (Å²) in [7, 11) is 2.13. The Morgan fingerprint density at radius 1 is 1.19 bits per heavy atom. The molecule has 2 fully saturated rings. The van der Waals surface area contributed by atoms with Gasteiger partial charge in [-0.05, 0) is 45.7 Å². The lowest BCUT2D eigenvalue weighted by Crippen LogP contribution is -2.57. The molecule has 150 valence electrons. The van der Waals surface area contributed by atoms with Crippen molar-refractivity contribution in [1.29, 1.82) is 0 Å². The largest absolute Gasteiger partial charge is 0.481 e. The van der Waals surface area contributed by atoms with E-state index >= 15 is 0 Å². The lowest BCUT2D eigenvalue weighted by Gasteiger charge is -2.46. The van der Waals surface area contributed by atoms with Crippen LogP contribution in [0.5, 0.6) is 0 Å². The molecule has 0 bridgehead atoms. The molecule has 2 saturated heterocycles. The van der Waals surface area contributed by atoms with Crippen molar-refractivity contribution in [2.75, 3.05) is 46.3 Å². The molecule has 7 nitrogen and oxygen atoms in total. The van der Waals surface area contributed by atoms with Gasteiger partial charge in [-0.15, -0.1) is 0 Å². The highest BCUT2D eigenvalue weighted by atomic mass is 16.4. The number of furan rings is 1. The number of piperidine rings is 1. The van der Waals surface area contributed by atoms with Crippen molar-refractivity contribution < 1.29 is 19.1 Å². The van der Waals surface area contributed by atoms with Gasteiger partial charge in [0, 0.05) is 51.7 Å². The first kappa shape index (κ1) is 19.9. The normalized spacial score (nSPS) is 24.9. The van der Waals surface area contributed by atoms with Crippen LogP contribution in [0.2, 0.25) is 0 Å². The molecule has 1 aromatic rings. The summed E-state index contributed by atoms with van der Waals surface area (Å²) in [6.07, 6.45) is 1.66. The number of carbonyl (C=O) groups excluding carboxylic acids is 1. The van der Waals surface area contributed by atoms with E-state index in [0.29, 0.717) is 36.9 Å². The van der Waals surface area contributed by atoms with Crippen LogP contribution in [0.4, 0.5) is 0 Å². The molecular formula is C20H31N3O4. The van der Waals surface area contributed by atoms with E-state index in [9.17, 15) is 9.59 Å². The van der Waals surface area contributed by atoms with Crippen LogP contribution in [0, 0.1) is 19.8 Å². The number of piperazine rings is 1. The fraction of sp³-hybridized carbons (Fsp3) is 0.700. The second-order valence-corrected chi connectivity index (χ2v) is 7.97. The SMILES string of the molecule is Cc1cc(C(=O)N2CC[C@H](N3CCN(C)CC3)[C@H](CCC(=O)O)C2)c(C)o1. The maximum atomic E-state index is 13.0. The van der Waals surface area contributed by atoms with Gasteiger partial charge >= 0.3 is 5.97 Å². The molecule has 3 rings (SSSR count). The minimum Gasteiger partial charge on any atom is -0.481 e. The van der Waals surface area contributed by atoms with Gasteiger partial charge in [0.2, 0.25) is 0 Å². The number of carboxylic acids is 1. The number of carbonyl (C=O) groups is 2. The molecule has 0 spiro atoms. The van der Waals surface area contributed by atoms with E-state index in [1.807, 2.05) is 18.7 Å². The first-order valence-corrected chi connectivity index (χ1v) is 9.86. The number of nitrogens with zero attached hydrogens (tertiary/aromatic N) is 3. The zero-order valence-electron chi connectivity index (χ0n) is 16.6. The fourth-order valence-electron chi connectivity index (χ4n) is 4.44. The first-order chi connectivity index (χ1) is 12.8. The minimum atomic E-state index is -0.767. The van der Waals surface area contributed by atoms with Crippen LogP contribution in [0.15, 0.2) is 10.5 Å². The topological polar surface area (TPSA) is 77.2 Å². The average molecular weight is 377 g/mol. The van der Waals surface area contributed by atoms with Crippen LogP contribution in [-0.4, -0.2) is 84.0 Å². The number of likely N-dealkylation sites (N-methyl/N-ethyl adjacent to an activating group) is 1. The highest BCUT2D eigenvalue weighted by Gasteiger charge is 2.36. The molecular weight excluding hydrogens is 346 g/mol. The molecule has 3 heterocycles. The van der Waals surface area contributed by atoms with Crippen molar-refractivity contribution >= 4 is 11.9 Å². The van der Waals surface area contributed by atoms with Crippen LogP contribution >= 0.6 is 0 Å². The monoisotopic (exact) mass is 377 g/mol. The standard InChI is InChI=1S/C20H31N3O4/c1-14-12-17(15(2)27-14)20(26)23-7-6-18(16(13-23)4-5-19(24)25)22-10-8-21(3)9-11-22/h12,16,18H,4-11,13H2,1-3H3,(H,24,25)/t16-,18+/m1/s1. The van der Waals surface area contributed by atoms with Crippen molar-refractivity contribution in [3.63, 3.8) is 0 Å². The molecule has 0 aliphatic carbocycles. The molecule has 1 N–H and O–H groups in total. The van der Waals surface area contributed by atoms with E-state index in [2.05, 4.69) is 16.8 Å². The predicted octanol–water partition coefficient (Wildman–Crippen LogP) is 1.84. The third-order valence-corrected chi connectivity index (χ3v) is 5.99. The van der Waals surface area contributed by atoms with E-state index in [1.165, 1.54) is 0 Å². The van der Waals surface area contributed by atoms with Crippen molar-refractivity contribution in [2.24, 2.45) is 5.92 Å². The summed E-state index contributed by atoms with van der Waals surface area (Å²) >= 11 is 0. The molecule has 0 unspecified atom stereocenters. The van der Waals surface area contributed by atoms with Gasteiger partial charge in [-0.3, -0.25) is 14.5 Å². The Morgan fingerprint density at radius 3 is 2.48 bits per heavy atom. The Balaban J connectivity index is 1.71. The van der Waals surface area contributed by atoms with E-state index < -0.39 is 5.97 Å². The molecule has 27 heavy (non-hydrogen) atoms. The highest BCUT2D eigenvalue weighted by Crippen LogP contribution is 2.29. The smallest absolute Gasteiger partial charge is 0.303 e. The summed E-state index contributed by atoms with van der Waals surface area (Å²) < 4.78 is 5.52. The summed E-state index contributed by atoms with van der Waals surface area (Å²) in [6, 6.07) is 2.16. The lowest BCUT2D eigenvalue weighted by atomic mass is 9.86. The summed E-state index contributed by atoms with van der Waals surface area (Å²) in [6.45, 7) is 9.10. The lowest BCUT2D eigenvalue weighted by molar-refractivity contribution is -0.137. The molecule has 7 heteroatoms. The first-order valence-electron chi connectivity index (χ1n) is 9.86. The Hall–Kier alpha value is -1.86. The zero-order valence-corrected chi connectivity index (χ0v) is 16.6. The van der Waals surface area contributed by atoms with Gasteiger partial charge in [0.25, 0.3) is 5.91 Å². The van der Waals surface area contributed by atoms with Crippen LogP contribution < -0.4 is 0 Å². The fourth-order valence-corrected chi connectivity index (χ4v) is 4.44. The van der Waals surface area contributed by atoms with E-state index in [4.69, 9.17) is 9.52 Å². The van der Waals surface area contributed by atoms with E-state index in [1.54, 1.807) is 6.07 Å². The molecule has 0 saturated carbocycles. The second-order valence-electron chi connectivity index (χ2n) is 7.97. The third-order valence-electron chi connectivity index (χ3n) is 5.99. The summed E-state index contributed by atoms with van der Waals surface area (Å²) in [5, 5.41) is 9.15. The number of hydrogen-bond acceptors (Lipinski definition) is 5. The van der Waals surface area contributed by atoms with Gasteiger partial charge in [-0.1, -0.05) is 0 Å². The quantitative estimate of drug-likeness (QED) is 0.844. The molecule has 1 amide bonds. The maximum absolute atomic E-state index is 13.0. The van der Waals surface area contributed by atoms with Gasteiger partial charge in [-0.2, -0.15) is 0 Å². The van der Waals surface area contributed by atoms with E-state index in [-0.39, 0.29) is 18.2 Å². The van der Waals surface area contributed by atoms with Gasteiger partial charge in [0.15, 0.2) is 0 Å². The highest BCUT2D eigenvalue weighted by molar-refractivity contribution is 5.95. The van der Waals surface area contributed by atoms with E-state index in [0.717, 1.165) is 38.4 Å². The van der Waals surface area contributed by atoms with Crippen LogP contribution in [0.1, 0.15) is 41.1 Å². The number of rotatable bonds is 5. The van der Waals surface area contributed by atoms with Crippen molar-refractivity contribution in [2.45, 2.75) is 39.2 Å². The second kappa shape index (κ2) is 8.44. The number of likely N-dealkylation sites (tertiary alicyclic amines) is 1. The molecule has 0 radical (unpaired) electrons. The van der Waals surface area contributed by atoms with Gasteiger partial charge < -0.3 is 19.3 Å². The number of aliphatic carboxylic acids is 1. The van der Waals surface area contributed by atoms with Crippen molar-refractivity contribution in [1.82, 2.24) is 14.7 Å². The number of aryl methyl sites for hydroxylation is 2. The van der Waals surface area contributed by atoms with Crippen LogP contribution in [0.3, 0.4) is 0 Å². The van der Waals surface area contributed by atoms with Crippen molar-refractivity contribution in [3.05, 3.63) is 23.2 Å². The molecule has 0 aromatic carbocycles. The van der Waals surface area contributed by atoms with Crippen molar-refractivity contribution in [3.8, 4) is 0 Å². The summed E-state index contributed by atoms with van der Waals surface area (Å²) in [4.78, 5) is 30.8. The van der Waals surface area contributed by atoms with Gasteiger partial charge in [-0.25, -0.2) is 0 Å². The number of hydrogen-bond donors (Lipinski definition) is 1. The predicted molar refractivity (Wildman–Crippen MR) is 102 cm³/mol. The van der Waals surface area contributed by atoms with Gasteiger partial charge in [0.1, 0.15) is 11.5 Å². The molecule has 2 atom stereocenters. The molecule has 2 aliphatic heterocycles. The summed E-state index contributed by atoms with van der Waals surface area (Å²) in [5.41, 5.74) is 0.627.